The Morgan fingerprint density at radius 3 is 2.83 bits per heavy atom. The Labute approximate surface area is 170 Å². The van der Waals surface area contributed by atoms with Gasteiger partial charge in [0.2, 0.25) is 5.91 Å². The van der Waals surface area contributed by atoms with Crippen LogP contribution in [0.2, 0.25) is 0 Å². The second kappa shape index (κ2) is 8.18. The number of nitrogens with one attached hydrogen (secondary N) is 1. The summed E-state index contributed by atoms with van der Waals surface area (Å²) in [5.41, 5.74) is 1.75. The molecule has 0 aromatic carbocycles. The van der Waals surface area contributed by atoms with E-state index in [9.17, 15) is 9.59 Å². The number of carbonyl (C=O) groups excluding carboxylic acids is 2. The van der Waals surface area contributed by atoms with Crippen LogP contribution >= 0.6 is 11.3 Å². The van der Waals surface area contributed by atoms with E-state index in [-0.39, 0.29) is 25.2 Å². The van der Waals surface area contributed by atoms with Crippen molar-refractivity contribution in [2.24, 2.45) is 5.16 Å². The van der Waals surface area contributed by atoms with Crippen molar-refractivity contribution in [3.63, 3.8) is 0 Å². The van der Waals surface area contributed by atoms with Crippen LogP contribution in [0.1, 0.15) is 18.2 Å². The maximum atomic E-state index is 12.1. The van der Waals surface area contributed by atoms with Crippen molar-refractivity contribution in [2.45, 2.75) is 25.6 Å². The highest BCUT2D eigenvalue weighted by Crippen LogP contribution is 2.31. The number of ether oxygens (including phenoxy) is 1. The van der Waals surface area contributed by atoms with Crippen LogP contribution in [0, 0.1) is 0 Å². The zero-order valence-corrected chi connectivity index (χ0v) is 16.5. The van der Waals surface area contributed by atoms with Gasteiger partial charge in [0.25, 0.3) is 0 Å². The minimum absolute atomic E-state index is 0.0543. The van der Waals surface area contributed by atoms with Gasteiger partial charge < -0.3 is 20.0 Å². The molecule has 152 valence electrons. The Morgan fingerprint density at radius 1 is 1.31 bits per heavy atom. The lowest BCUT2D eigenvalue weighted by Gasteiger charge is -2.12. The number of cyclic esters (lactones) is 1. The summed E-state index contributed by atoms with van der Waals surface area (Å²) < 4.78 is 5.26. The Balaban J connectivity index is 1.42. The monoisotopic (exact) mass is 416 g/mol. The van der Waals surface area contributed by atoms with E-state index in [2.05, 4.69) is 15.5 Å². The summed E-state index contributed by atoms with van der Waals surface area (Å²) in [6, 6.07) is 7.63. The van der Waals surface area contributed by atoms with Gasteiger partial charge in [0, 0.05) is 30.0 Å². The minimum atomic E-state index is -0.475. The van der Waals surface area contributed by atoms with Gasteiger partial charge in [-0.3, -0.25) is 9.69 Å². The molecule has 0 aliphatic carbocycles. The lowest BCUT2D eigenvalue weighted by atomic mass is 10.1. The number of rotatable bonds is 6. The second-order valence-corrected chi connectivity index (χ2v) is 7.86. The van der Waals surface area contributed by atoms with Crippen LogP contribution in [0.4, 0.5) is 10.6 Å². The number of amides is 2. The zero-order chi connectivity index (χ0) is 20.4. The third-order valence-corrected chi connectivity index (χ3v) is 5.77. The van der Waals surface area contributed by atoms with E-state index >= 15 is 0 Å². The summed E-state index contributed by atoms with van der Waals surface area (Å²) in [5.74, 6) is 0.333. The first-order valence-corrected chi connectivity index (χ1v) is 9.98. The highest BCUT2D eigenvalue weighted by Gasteiger charge is 2.33. The SMILES string of the molecule is CC(=O)NC[C@@H]1CN(c2ccc(-c3ccc(C4=NOC(CO)C4)s3)cn2)C(=O)O1. The molecule has 1 unspecified atom stereocenters. The molecule has 0 bridgehead atoms. The highest BCUT2D eigenvalue weighted by molar-refractivity contribution is 7.17. The topological polar surface area (TPSA) is 113 Å². The number of nitrogens with zero attached hydrogens (tertiary/aromatic N) is 3. The Morgan fingerprint density at radius 2 is 2.14 bits per heavy atom. The molecule has 2 atom stereocenters. The molecule has 0 saturated carbocycles. The van der Waals surface area contributed by atoms with Crippen molar-refractivity contribution >= 4 is 34.9 Å². The maximum Gasteiger partial charge on any atom is 0.416 e. The van der Waals surface area contributed by atoms with E-state index in [1.54, 1.807) is 23.6 Å². The number of oxime groups is 1. The molecule has 1 saturated heterocycles. The van der Waals surface area contributed by atoms with E-state index in [0.29, 0.717) is 18.8 Å². The number of aliphatic hydroxyl groups excluding tert-OH is 1. The van der Waals surface area contributed by atoms with Gasteiger partial charge in [-0.1, -0.05) is 5.16 Å². The zero-order valence-electron chi connectivity index (χ0n) is 15.7. The molecule has 2 N–H and O–H groups in total. The van der Waals surface area contributed by atoms with Gasteiger partial charge in [0.1, 0.15) is 17.6 Å². The summed E-state index contributed by atoms with van der Waals surface area (Å²) in [5, 5.41) is 15.8. The molecular formula is C19H20N4O5S. The first kappa shape index (κ1) is 19.3. The number of thiophene rings is 1. The highest BCUT2D eigenvalue weighted by atomic mass is 32.1. The predicted molar refractivity (Wildman–Crippen MR) is 107 cm³/mol. The van der Waals surface area contributed by atoms with Crippen molar-refractivity contribution in [3.05, 3.63) is 35.3 Å². The average Bonchev–Trinajstić information content (AvgIpc) is 3.45. The molecular weight excluding hydrogens is 396 g/mol. The van der Waals surface area contributed by atoms with Crippen molar-refractivity contribution in [1.82, 2.24) is 10.3 Å². The number of hydrogen-bond acceptors (Lipinski definition) is 8. The smallest absolute Gasteiger partial charge is 0.416 e. The van der Waals surface area contributed by atoms with Gasteiger partial charge in [-0.05, 0) is 24.3 Å². The molecule has 0 radical (unpaired) electrons. The lowest BCUT2D eigenvalue weighted by Crippen LogP contribution is -2.33. The van der Waals surface area contributed by atoms with Crippen LogP contribution in [0.5, 0.6) is 0 Å². The lowest BCUT2D eigenvalue weighted by molar-refractivity contribution is -0.119. The first-order chi connectivity index (χ1) is 14.0. The number of anilines is 1. The minimum Gasteiger partial charge on any atom is -0.442 e. The van der Waals surface area contributed by atoms with Gasteiger partial charge in [0.05, 0.1) is 24.6 Å². The number of aliphatic hydroxyl groups is 1. The van der Waals surface area contributed by atoms with Gasteiger partial charge in [-0.15, -0.1) is 11.3 Å². The van der Waals surface area contributed by atoms with Gasteiger partial charge in [-0.2, -0.15) is 0 Å². The predicted octanol–water partition coefficient (Wildman–Crippen LogP) is 1.76. The van der Waals surface area contributed by atoms with Crippen molar-refractivity contribution in [3.8, 4) is 10.4 Å². The number of aromatic nitrogens is 1. The van der Waals surface area contributed by atoms with Crippen LogP contribution in [0.25, 0.3) is 10.4 Å². The summed E-state index contributed by atoms with van der Waals surface area (Å²) in [7, 11) is 0. The van der Waals surface area contributed by atoms with Crippen LogP contribution < -0.4 is 10.2 Å². The first-order valence-electron chi connectivity index (χ1n) is 9.16. The standard InChI is InChI=1S/C19H20N4O5S/c1-11(25)20-8-14-9-23(19(26)27-14)18-5-2-12(7-21-18)16-3-4-17(29-16)15-6-13(10-24)28-22-15/h2-5,7,13-14,24H,6,8-10H2,1H3,(H,20,25)/t13?,14-/m1/s1. The molecule has 2 aromatic rings. The molecule has 4 heterocycles. The van der Waals surface area contributed by atoms with E-state index in [4.69, 9.17) is 14.7 Å². The molecule has 2 aromatic heterocycles. The summed E-state index contributed by atoms with van der Waals surface area (Å²) >= 11 is 1.57. The molecule has 2 aliphatic rings. The Kier molecular flexibility index (Phi) is 5.45. The molecule has 0 spiro atoms. The van der Waals surface area contributed by atoms with Gasteiger partial charge in [-0.25, -0.2) is 9.78 Å². The van der Waals surface area contributed by atoms with Gasteiger partial charge in [0.15, 0.2) is 6.10 Å². The molecule has 10 heteroatoms. The van der Waals surface area contributed by atoms with Crippen molar-refractivity contribution in [1.29, 1.82) is 0 Å². The van der Waals surface area contributed by atoms with Crippen LogP contribution in [0.3, 0.4) is 0 Å². The quantitative estimate of drug-likeness (QED) is 0.742. The maximum absolute atomic E-state index is 12.1. The molecule has 2 aliphatic heterocycles. The molecule has 4 rings (SSSR count). The molecule has 29 heavy (non-hydrogen) atoms. The van der Waals surface area contributed by atoms with Gasteiger partial charge >= 0.3 is 6.09 Å². The Bertz CT molecular complexity index is 942. The number of hydrogen-bond donors (Lipinski definition) is 2. The molecule has 9 nitrogen and oxygen atoms in total. The number of pyridine rings is 1. The fourth-order valence-electron chi connectivity index (χ4n) is 3.08. The van der Waals surface area contributed by atoms with E-state index in [1.165, 1.54) is 11.8 Å². The fourth-order valence-corrected chi connectivity index (χ4v) is 4.07. The summed E-state index contributed by atoms with van der Waals surface area (Å²) in [6.07, 6.45) is 1.15. The Hall–Kier alpha value is -2.98. The molecule has 2 amide bonds. The molecule has 1 fully saturated rings. The van der Waals surface area contributed by atoms with Crippen molar-refractivity contribution in [2.75, 3.05) is 24.6 Å². The third-order valence-electron chi connectivity index (χ3n) is 4.59. The van der Waals surface area contributed by atoms with Crippen LogP contribution in [0.15, 0.2) is 35.6 Å². The largest absolute Gasteiger partial charge is 0.442 e. The third kappa shape index (κ3) is 4.22. The normalized spacial score (nSPS) is 21.0. The van der Waals surface area contributed by atoms with Crippen LogP contribution in [-0.2, 0) is 14.4 Å². The number of carbonyl (C=O) groups is 2. The fraction of sp³-hybridized carbons (Fsp3) is 0.368. The average molecular weight is 416 g/mol. The van der Waals surface area contributed by atoms with Crippen molar-refractivity contribution < 1.29 is 24.3 Å². The summed E-state index contributed by atoms with van der Waals surface area (Å²) in [4.78, 5) is 36.1. The summed E-state index contributed by atoms with van der Waals surface area (Å²) in [6.45, 7) is 1.97. The van der Waals surface area contributed by atoms with E-state index < -0.39 is 12.2 Å². The van der Waals surface area contributed by atoms with Crippen LogP contribution in [-0.4, -0.2) is 59.7 Å². The second-order valence-electron chi connectivity index (χ2n) is 6.77. The van der Waals surface area contributed by atoms with E-state index in [0.717, 1.165) is 21.0 Å². The van der Waals surface area contributed by atoms with E-state index in [1.807, 2.05) is 18.2 Å².